The van der Waals surface area contributed by atoms with Crippen LogP contribution >= 0.6 is 0 Å². The van der Waals surface area contributed by atoms with Crippen LogP contribution in [0.1, 0.15) is 28.8 Å². The van der Waals surface area contributed by atoms with E-state index in [0.29, 0.717) is 12.0 Å². The van der Waals surface area contributed by atoms with Gasteiger partial charge in [-0.05, 0) is 48.9 Å². The zero-order valence-electron chi connectivity index (χ0n) is 13.6. The first-order valence-electron chi connectivity index (χ1n) is 7.95. The van der Waals surface area contributed by atoms with Crippen LogP contribution in [0.25, 0.3) is 6.08 Å². The van der Waals surface area contributed by atoms with Crippen molar-refractivity contribution in [2.24, 2.45) is 0 Å². The smallest absolute Gasteiger partial charge is 0.227 e. The molecule has 1 heterocycles. The predicted octanol–water partition coefficient (Wildman–Crippen LogP) is 3.72. The first-order chi connectivity index (χ1) is 11.7. The fourth-order valence-corrected chi connectivity index (χ4v) is 2.79. The fourth-order valence-electron chi connectivity index (χ4n) is 2.79. The Kier molecular flexibility index (Phi) is 4.75. The molecular weight excluding hydrogens is 302 g/mol. The molecule has 3 rings (SSSR count). The number of hydrogen-bond donors (Lipinski definition) is 0. The number of rotatable bonds is 5. The molecule has 1 aliphatic heterocycles. The Morgan fingerprint density at radius 3 is 2.54 bits per heavy atom. The van der Waals surface area contributed by atoms with E-state index in [9.17, 15) is 9.59 Å². The maximum atomic E-state index is 12.3. The summed E-state index contributed by atoms with van der Waals surface area (Å²) in [6, 6.07) is 14.7. The standard InChI is InChI=1S/C20H19NO3/c1-24-19-6-3-2-5-16(19)10-13-18(22)15-8-11-17(12-9-15)21-14-4-7-20(21)23/h2-3,5-6,8-13H,4,7,14H2,1H3/b13-10+. The third-order valence-corrected chi connectivity index (χ3v) is 4.09. The van der Waals surface area contributed by atoms with Crippen LogP contribution in [0.15, 0.2) is 54.6 Å². The summed E-state index contributed by atoms with van der Waals surface area (Å²) < 4.78 is 5.27. The van der Waals surface area contributed by atoms with Crippen LogP contribution in [-0.2, 0) is 4.79 Å². The third kappa shape index (κ3) is 3.38. The lowest BCUT2D eigenvalue weighted by Crippen LogP contribution is -2.23. The quantitative estimate of drug-likeness (QED) is 0.623. The van der Waals surface area contributed by atoms with E-state index in [4.69, 9.17) is 4.74 Å². The topological polar surface area (TPSA) is 46.6 Å². The molecule has 1 amide bonds. The normalized spacial score (nSPS) is 14.4. The number of amides is 1. The van der Waals surface area contributed by atoms with Gasteiger partial charge in [0.25, 0.3) is 0 Å². The van der Waals surface area contributed by atoms with Gasteiger partial charge in [-0.2, -0.15) is 0 Å². The number of benzene rings is 2. The Hall–Kier alpha value is -2.88. The average Bonchev–Trinajstić information content (AvgIpc) is 3.06. The Balaban J connectivity index is 1.73. The average molecular weight is 321 g/mol. The zero-order valence-corrected chi connectivity index (χ0v) is 13.6. The number of methoxy groups -OCH3 is 1. The van der Waals surface area contributed by atoms with Crippen LogP contribution in [0.2, 0.25) is 0 Å². The number of para-hydroxylation sites is 1. The summed E-state index contributed by atoms with van der Waals surface area (Å²) in [6.07, 6.45) is 4.77. The molecule has 2 aromatic carbocycles. The minimum absolute atomic E-state index is 0.0831. The lowest BCUT2D eigenvalue weighted by Gasteiger charge is -2.15. The maximum Gasteiger partial charge on any atom is 0.227 e. The van der Waals surface area contributed by atoms with Crippen LogP contribution in [0.3, 0.4) is 0 Å². The van der Waals surface area contributed by atoms with E-state index in [1.54, 1.807) is 30.2 Å². The number of ketones is 1. The molecule has 1 saturated heterocycles. The summed E-state index contributed by atoms with van der Waals surface area (Å²) in [7, 11) is 1.60. The largest absolute Gasteiger partial charge is 0.496 e. The molecule has 122 valence electrons. The predicted molar refractivity (Wildman–Crippen MR) is 94.4 cm³/mol. The van der Waals surface area contributed by atoms with E-state index in [2.05, 4.69) is 0 Å². The molecule has 0 bridgehead atoms. The highest BCUT2D eigenvalue weighted by Gasteiger charge is 2.21. The third-order valence-electron chi connectivity index (χ3n) is 4.09. The van der Waals surface area contributed by atoms with Crippen LogP contribution in [0, 0.1) is 0 Å². The van der Waals surface area contributed by atoms with Crippen LogP contribution in [-0.4, -0.2) is 25.3 Å². The second kappa shape index (κ2) is 7.13. The summed E-state index contributed by atoms with van der Waals surface area (Å²) in [5, 5.41) is 0. The molecule has 0 unspecified atom stereocenters. The summed E-state index contributed by atoms with van der Waals surface area (Å²) in [5.74, 6) is 0.787. The summed E-state index contributed by atoms with van der Waals surface area (Å²) in [5.41, 5.74) is 2.30. The molecule has 0 spiro atoms. The van der Waals surface area contributed by atoms with Gasteiger partial charge in [0, 0.05) is 29.8 Å². The summed E-state index contributed by atoms with van der Waals surface area (Å²) in [4.78, 5) is 25.8. The molecule has 0 aromatic heterocycles. The first kappa shape index (κ1) is 16.0. The van der Waals surface area contributed by atoms with Gasteiger partial charge in [0.2, 0.25) is 5.91 Å². The fraction of sp³-hybridized carbons (Fsp3) is 0.200. The molecule has 1 aliphatic rings. The van der Waals surface area contributed by atoms with Crippen molar-refractivity contribution in [2.75, 3.05) is 18.6 Å². The number of nitrogens with zero attached hydrogens (tertiary/aromatic N) is 1. The summed E-state index contributed by atoms with van der Waals surface area (Å²) >= 11 is 0. The minimum atomic E-state index is -0.0831. The molecular formula is C20H19NO3. The Morgan fingerprint density at radius 2 is 1.88 bits per heavy atom. The molecule has 0 atom stereocenters. The molecule has 1 fully saturated rings. The lowest BCUT2D eigenvalue weighted by molar-refractivity contribution is -0.117. The van der Waals surface area contributed by atoms with Gasteiger partial charge in [-0.3, -0.25) is 9.59 Å². The van der Waals surface area contributed by atoms with Gasteiger partial charge in [-0.1, -0.05) is 18.2 Å². The van der Waals surface area contributed by atoms with Crippen molar-refractivity contribution in [1.29, 1.82) is 0 Å². The molecule has 4 heteroatoms. The molecule has 4 nitrogen and oxygen atoms in total. The van der Waals surface area contributed by atoms with Gasteiger partial charge in [0.15, 0.2) is 5.78 Å². The molecule has 0 N–H and O–H groups in total. The van der Waals surface area contributed by atoms with E-state index in [0.717, 1.165) is 30.0 Å². The molecule has 2 aromatic rings. The van der Waals surface area contributed by atoms with Crippen molar-refractivity contribution < 1.29 is 14.3 Å². The lowest BCUT2D eigenvalue weighted by atomic mass is 10.1. The van der Waals surface area contributed by atoms with E-state index >= 15 is 0 Å². The van der Waals surface area contributed by atoms with Gasteiger partial charge in [0.1, 0.15) is 5.75 Å². The Labute approximate surface area is 141 Å². The van der Waals surface area contributed by atoms with Gasteiger partial charge < -0.3 is 9.64 Å². The highest BCUT2D eigenvalue weighted by atomic mass is 16.5. The van der Waals surface area contributed by atoms with Gasteiger partial charge in [-0.15, -0.1) is 0 Å². The SMILES string of the molecule is COc1ccccc1/C=C/C(=O)c1ccc(N2CCCC2=O)cc1. The number of carbonyl (C=O) groups excluding carboxylic acids is 2. The number of anilines is 1. The highest BCUT2D eigenvalue weighted by Crippen LogP contribution is 2.22. The van der Waals surface area contributed by atoms with Gasteiger partial charge >= 0.3 is 0 Å². The van der Waals surface area contributed by atoms with Crippen LogP contribution in [0.5, 0.6) is 5.75 Å². The van der Waals surface area contributed by atoms with E-state index in [1.165, 1.54) is 6.08 Å². The minimum Gasteiger partial charge on any atom is -0.496 e. The van der Waals surface area contributed by atoms with E-state index in [1.807, 2.05) is 36.4 Å². The maximum absolute atomic E-state index is 12.3. The van der Waals surface area contributed by atoms with E-state index in [-0.39, 0.29) is 11.7 Å². The monoisotopic (exact) mass is 321 g/mol. The second-order valence-electron chi connectivity index (χ2n) is 5.64. The molecule has 24 heavy (non-hydrogen) atoms. The van der Waals surface area contributed by atoms with Crippen molar-refractivity contribution in [3.63, 3.8) is 0 Å². The molecule has 0 saturated carbocycles. The van der Waals surface area contributed by atoms with Crippen LogP contribution < -0.4 is 9.64 Å². The Morgan fingerprint density at radius 1 is 1.12 bits per heavy atom. The second-order valence-corrected chi connectivity index (χ2v) is 5.64. The van der Waals surface area contributed by atoms with Crippen LogP contribution in [0.4, 0.5) is 5.69 Å². The van der Waals surface area contributed by atoms with Crippen molar-refractivity contribution in [3.8, 4) is 5.75 Å². The van der Waals surface area contributed by atoms with Crippen molar-refractivity contribution in [3.05, 3.63) is 65.7 Å². The Bertz CT molecular complexity index is 778. The zero-order chi connectivity index (χ0) is 16.9. The van der Waals surface area contributed by atoms with Crippen molar-refractivity contribution >= 4 is 23.5 Å². The summed E-state index contributed by atoms with van der Waals surface area (Å²) in [6.45, 7) is 0.750. The number of hydrogen-bond acceptors (Lipinski definition) is 3. The number of carbonyl (C=O) groups is 2. The molecule has 0 radical (unpaired) electrons. The molecule has 0 aliphatic carbocycles. The highest BCUT2D eigenvalue weighted by molar-refractivity contribution is 6.07. The number of ether oxygens (including phenoxy) is 1. The number of allylic oxidation sites excluding steroid dienone is 1. The van der Waals surface area contributed by atoms with E-state index < -0.39 is 0 Å². The first-order valence-corrected chi connectivity index (χ1v) is 7.95. The van der Waals surface area contributed by atoms with Crippen molar-refractivity contribution in [1.82, 2.24) is 0 Å². The van der Waals surface area contributed by atoms with Gasteiger partial charge in [-0.25, -0.2) is 0 Å². The van der Waals surface area contributed by atoms with Gasteiger partial charge in [0.05, 0.1) is 7.11 Å². The van der Waals surface area contributed by atoms with Crippen molar-refractivity contribution in [2.45, 2.75) is 12.8 Å².